The van der Waals surface area contributed by atoms with Crippen LogP contribution >= 0.6 is 0 Å². The van der Waals surface area contributed by atoms with Gasteiger partial charge in [0.15, 0.2) is 0 Å². The standard InChI is InChI=1S/C14H18N2O/c15-13-11-7-3-4-8-12(11)16(14(13)17)9-10-5-1-2-6-10/h3-4,7-8,10,13H,1-2,5-6,9,15H2. The third-order valence-electron chi connectivity index (χ3n) is 4.01. The van der Waals surface area contributed by atoms with E-state index in [1.165, 1.54) is 25.7 Å². The average molecular weight is 230 g/mol. The maximum absolute atomic E-state index is 12.2. The number of benzene rings is 1. The number of amides is 1. The fourth-order valence-electron chi connectivity index (χ4n) is 3.06. The summed E-state index contributed by atoms with van der Waals surface area (Å²) in [6, 6.07) is 7.45. The summed E-state index contributed by atoms with van der Waals surface area (Å²) in [6.07, 6.45) is 5.11. The van der Waals surface area contributed by atoms with Crippen LogP contribution < -0.4 is 10.6 Å². The largest absolute Gasteiger partial charge is 0.316 e. The topological polar surface area (TPSA) is 46.3 Å². The molecule has 3 nitrogen and oxygen atoms in total. The molecule has 1 aliphatic heterocycles. The second kappa shape index (κ2) is 4.15. The van der Waals surface area contributed by atoms with Gasteiger partial charge in [-0.25, -0.2) is 0 Å². The SMILES string of the molecule is NC1C(=O)N(CC2CCCC2)c2ccccc21. The molecular formula is C14H18N2O. The number of rotatable bonds is 2. The number of carbonyl (C=O) groups is 1. The van der Waals surface area contributed by atoms with Gasteiger partial charge in [-0.3, -0.25) is 4.79 Å². The Labute approximate surface area is 102 Å². The zero-order chi connectivity index (χ0) is 11.8. The summed E-state index contributed by atoms with van der Waals surface area (Å²) < 4.78 is 0. The van der Waals surface area contributed by atoms with E-state index in [4.69, 9.17) is 5.73 Å². The molecule has 90 valence electrons. The van der Waals surface area contributed by atoms with Crippen molar-refractivity contribution in [2.24, 2.45) is 11.7 Å². The first-order valence-electron chi connectivity index (χ1n) is 6.43. The highest BCUT2D eigenvalue weighted by atomic mass is 16.2. The Bertz CT molecular complexity index is 438. The van der Waals surface area contributed by atoms with Gasteiger partial charge >= 0.3 is 0 Å². The van der Waals surface area contributed by atoms with Crippen molar-refractivity contribution in [2.75, 3.05) is 11.4 Å². The van der Waals surface area contributed by atoms with Gasteiger partial charge in [0.2, 0.25) is 5.91 Å². The number of hydrogen-bond acceptors (Lipinski definition) is 2. The molecule has 0 spiro atoms. The van der Waals surface area contributed by atoms with Crippen LogP contribution in [0.2, 0.25) is 0 Å². The molecule has 1 aromatic rings. The molecule has 1 unspecified atom stereocenters. The first-order chi connectivity index (χ1) is 8.27. The molecule has 1 atom stereocenters. The number of fused-ring (bicyclic) bond motifs is 1. The fourth-order valence-corrected chi connectivity index (χ4v) is 3.06. The Kier molecular flexibility index (Phi) is 2.63. The molecule has 2 N–H and O–H groups in total. The van der Waals surface area contributed by atoms with Gasteiger partial charge in [0.25, 0.3) is 0 Å². The zero-order valence-electron chi connectivity index (χ0n) is 9.93. The minimum atomic E-state index is -0.451. The molecule has 1 fully saturated rings. The lowest BCUT2D eigenvalue weighted by atomic mass is 10.1. The van der Waals surface area contributed by atoms with Crippen molar-refractivity contribution in [3.63, 3.8) is 0 Å². The molecule has 1 saturated carbocycles. The number of nitrogens with two attached hydrogens (primary N) is 1. The van der Waals surface area contributed by atoms with Gasteiger partial charge in [0, 0.05) is 17.8 Å². The van der Waals surface area contributed by atoms with E-state index in [0.29, 0.717) is 5.92 Å². The number of para-hydroxylation sites is 1. The number of carbonyl (C=O) groups excluding carboxylic acids is 1. The summed E-state index contributed by atoms with van der Waals surface area (Å²) in [4.78, 5) is 14.0. The van der Waals surface area contributed by atoms with Crippen LogP contribution in [0.5, 0.6) is 0 Å². The Morgan fingerprint density at radius 1 is 1.24 bits per heavy atom. The van der Waals surface area contributed by atoms with Gasteiger partial charge in [0.05, 0.1) is 0 Å². The van der Waals surface area contributed by atoms with E-state index >= 15 is 0 Å². The lowest BCUT2D eigenvalue weighted by Gasteiger charge is -2.21. The third kappa shape index (κ3) is 1.75. The van der Waals surface area contributed by atoms with Gasteiger partial charge in [-0.1, -0.05) is 31.0 Å². The van der Waals surface area contributed by atoms with Gasteiger partial charge in [-0.05, 0) is 24.8 Å². The van der Waals surface area contributed by atoms with E-state index in [-0.39, 0.29) is 5.91 Å². The molecule has 1 aromatic carbocycles. The fraction of sp³-hybridized carbons (Fsp3) is 0.500. The van der Waals surface area contributed by atoms with E-state index in [1.54, 1.807) is 0 Å². The Morgan fingerprint density at radius 2 is 1.94 bits per heavy atom. The maximum Gasteiger partial charge on any atom is 0.248 e. The highest BCUT2D eigenvalue weighted by Crippen LogP contribution is 2.36. The zero-order valence-corrected chi connectivity index (χ0v) is 9.93. The van der Waals surface area contributed by atoms with E-state index in [2.05, 4.69) is 0 Å². The molecule has 1 heterocycles. The smallest absolute Gasteiger partial charge is 0.248 e. The molecule has 1 amide bonds. The second-order valence-corrected chi connectivity index (χ2v) is 5.14. The predicted octanol–water partition coefficient (Wildman–Crippen LogP) is 2.22. The lowest BCUT2D eigenvalue weighted by molar-refractivity contribution is -0.119. The number of anilines is 1. The molecule has 3 heteroatoms. The molecule has 0 bridgehead atoms. The van der Waals surface area contributed by atoms with Crippen LogP contribution in [-0.2, 0) is 4.79 Å². The molecule has 17 heavy (non-hydrogen) atoms. The van der Waals surface area contributed by atoms with Gasteiger partial charge in [0.1, 0.15) is 6.04 Å². The van der Waals surface area contributed by atoms with E-state index in [9.17, 15) is 4.79 Å². The monoisotopic (exact) mass is 230 g/mol. The second-order valence-electron chi connectivity index (χ2n) is 5.14. The van der Waals surface area contributed by atoms with Crippen molar-refractivity contribution in [3.05, 3.63) is 29.8 Å². The predicted molar refractivity (Wildman–Crippen MR) is 67.7 cm³/mol. The summed E-state index contributed by atoms with van der Waals surface area (Å²) in [6.45, 7) is 0.851. The van der Waals surface area contributed by atoms with E-state index < -0.39 is 6.04 Å². The highest BCUT2D eigenvalue weighted by molar-refractivity contribution is 6.04. The normalized spacial score (nSPS) is 24.4. The lowest BCUT2D eigenvalue weighted by Crippen LogP contribution is -2.35. The van der Waals surface area contributed by atoms with Crippen molar-refractivity contribution < 1.29 is 4.79 Å². The summed E-state index contributed by atoms with van der Waals surface area (Å²) in [7, 11) is 0. The minimum Gasteiger partial charge on any atom is -0.316 e. The first kappa shape index (κ1) is 10.8. The third-order valence-corrected chi connectivity index (χ3v) is 4.01. The molecule has 0 radical (unpaired) electrons. The molecule has 0 aromatic heterocycles. The van der Waals surface area contributed by atoms with Crippen LogP contribution in [0.4, 0.5) is 5.69 Å². The quantitative estimate of drug-likeness (QED) is 0.846. The molecule has 2 aliphatic rings. The van der Waals surface area contributed by atoms with Crippen molar-refractivity contribution >= 4 is 11.6 Å². The summed E-state index contributed by atoms with van der Waals surface area (Å²) >= 11 is 0. The van der Waals surface area contributed by atoms with Crippen molar-refractivity contribution in [3.8, 4) is 0 Å². The van der Waals surface area contributed by atoms with Gasteiger partial charge in [-0.2, -0.15) is 0 Å². The first-order valence-corrected chi connectivity index (χ1v) is 6.43. The van der Waals surface area contributed by atoms with Crippen molar-refractivity contribution in [1.29, 1.82) is 0 Å². The van der Waals surface area contributed by atoms with E-state index in [1.807, 2.05) is 29.2 Å². The summed E-state index contributed by atoms with van der Waals surface area (Å²) in [5, 5.41) is 0. The van der Waals surface area contributed by atoms with Crippen LogP contribution in [0.25, 0.3) is 0 Å². The van der Waals surface area contributed by atoms with Crippen LogP contribution in [0, 0.1) is 5.92 Å². The van der Waals surface area contributed by atoms with Crippen LogP contribution in [0.1, 0.15) is 37.3 Å². The highest BCUT2D eigenvalue weighted by Gasteiger charge is 2.35. The maximum atomic E-state index is 12.2. The number of nitrogens with zero attached hydrogens (tertiary/aromatic N) is 1. The minimum absolute atomic E-state index is 0.0677. The van der Waals surface area contributed by atoms with E-state index in [0.717, 1.165) is 17.8 Å². The van der Waals surface area contributed by atoms with Gasteiger partial charge in [-0.15, -0.1) is 0 Å². The molecule has 1 aliphatic carbocycles. The van der Waals surface area contributed by atoms with Gasteiger partial charge < -0.3 is 10.6 Å². The molecule has 0 saturated heterocycles. The Morgan fingerprint density at radius 3 is 2.71 bits per heavy atom. The average Bonchev–Trinajstić information content (AvgIpc) is 2.94. The van der Waals surface area contributed by atoms with Crippen LogP contribution in [0.3, 0.4) is 0 Å². The molecule has 3 rings (SSSR count). The number of hydrogen-bond donors (Lipinski definition) is 1. The van der Waals surface area contributed by atoms with Crippen molar-refractivity contribution in [1.82, 2.24) is 0 Å². The Hall–Kier alpha value is -1.35. The van der Waals surface area contributed by atoms with Crippen LogP contribution in [-0.4, -0.2) is 12.5 Å². The summed E-state index contributed by atoms with van der Waals surface area (Å²) in [5.74, 6) is 0.732. The molecular weight excluding hydrogens is 212 g/mol. The summed E-state index contributed by atoms with van der Waals surface area (Å²) in [5.41, 5.74) is 7.97. The van der Waals surface area contributed by atoms with Crippen molar-refractivity contribution in [2.45, 2.75) is 31.7 Å². The van der Waals surface area contributed by atoms with Crippen LogP contribution in [0.15, 0.2) is 24.3 Å². The Balaban J connectivity index is 1.86.